The summed E-state index contributed by atoms with van der Waals surface area (Å²) in [7, 11) is 0. The highest BCUT2D eigenvalue weighted by atomic mass is 14.9. The molecule has 19 heavy (non-hydrogen) atoms. The van der Waals surface area contributed by atoms with Gasteiger partial charge in [-0.1, -0.05) is 49.6 Å². The predicted molar refractivity (Wildman–Crippen MR) is 78.0 cm³/mol. The Morgan fingerprint density at radius 3 is 2.58 bits per heavy atom. The molecule has 0 bridgehead atoms. The van der Waals surface area contributed by atoms with Crippen LogP contribution in [0.2, 0.25) is 0 Å². The lowest BCUT2D eigenvalue weighted by Crippen LogP contribution is -2.18. The van der Waals surface area contributed by atoms with E-state index < -0.39 is 0 Å². The number of nitrogens with zero attached hydrogens (tertiary/aromatic N) is 1. The first-order chi connectivity index (χ1) is 9.43. The van der Waals surface area contributed by atoms with Crippen LogP contribution in [0.15, 0.2) is 42.9 Å². The van der Waals surface area contributed by atoms with E-state index in [1.165, 1.54) is 43.4 Å². The molecule has 2 aromatic rings. The third kappa shape index (κ3) is 3.06. The summed E-state index contributed by atoms with van der Waals surface area (Å²) in [6.45, 7) is 0. The van der Waals surface area contributed by atoms with Gasteiger partial charge in [0, 0.05) is 17.8 Å². The van der Waals surface area contributed by atoms with Gasteiger partial charge in [-0.2, -0.15) is 0 Å². The van der Waals surface area contributed by atoms with Gasteiger partial charge >= 0.3 is 0 Å². The lowest BCUT2D eigenvalue weighted by atomic mass is 9.76. The van der Waals surface area contributed by atoms with Crippen molar-refractivity contribution in [3.63, 3.8) is 0 Å². The first-order valence-electron chi connectivity index (χ1n) is 7.45. The largest absolute Gasteiger partial charge is 0.348 e. The third-order valence-electron chi connectivity index (χ3n) is 4.44. The fourth-order valence-corrected chi connectivity index (χ4v) is 3.40. The Labute approximate surface area is 115 Å². The van der Waals surface area contributed by atoms with Crippen LogP contribution in [-0.4, -0.2) is 9.97 Å². The predicted octanol–water partition coefficient (Wildman–Crippen LogP) is 4.32. The molecular formula is C17H22N2. The summed E-state index contributed by atoms with van der Waals surface area (Å²) in [5.74, 6) is 1.42. The number of imidazole rings is 1. The van der Waals surface area contributed by atoms with Crippen molar-refractivity contribution >= 4 is 0 Å². The van der Waals surface area contributed by atoms with Crippen molar-refractivity contribution in [2.75, 3.05) is 0 Å². The minimum atomic E-state index is 0.602. The number of hydrogen-bond acceptors (Lipinski definition) is 1. The van der Waals surface area contributed by atoms with Gasteiger partial charge in [0.2, 0.25) is 0 Å². The number of aromatic amines is 1. The molecule has 0 radical (unpaired) electrons. The number of H-pyrrole nitrogens is 1. The van der Waals surface area contributed by atoms with Crippen LogP contribution in [-0.2, 0) is 6.42 Å². The number of aromatic nitrogens is 2. The summed E-state index contributed by atoms with van der Waals surface area (Å²) in [4.78, 5) is 7.57. The second kappa shape index (κ2) is 6.05. The van der Waals surface area contributed by atoms with E-state index in [4.69, 9.17) is 0 Å². The molecule has 1 N–H and O–H groups in total. The molecule has 1 saturated carbocycles. The zero-order valence-electron chi connectivity index (χ0n) is 11.4. The van der Waals surface area contributed by atoms with Crippen LogP contribution in [0.5, 0.6) is 0 Å². The van der Waals surface area contributed by atoms with Crippen molar-refractivity contribution in [2.45, 2.75) is 44.4 Å². The Hall–Kier alpha value is -1.57. The summed E-state index contributed by atoms with van der Waals surface area (Å²) < 4.78 is 0. The Morgan fingerprint density at radius 2 is 1.89 bits per heavy atom. The number of rotatable bonds is 4. The van der Waals surface area contributed by atoms with Gasteiger partial charge in [-0.05, 0) is 30.7 Å². The van der Waals surface area contributed by atoms with Gasteiger partial charge in [0.1, 0.15) is 0 Å². The van der Waals surface area contributed by atoms with Crippen LogP contribution < -0.4 is 0 Å². The molecule has 1 fully saturated rings. The van der Waals surface area contributed by atoms with Crippen molar-refractivity contribution < 1.29 is 0 Å². The molecule has 1 heterocycles. The van der Waals surface area contributed by atoms with Gasteiger partial charge in [-0.15, -0.1) is 0 Å². The van der Waals surface area contributed by atoms with Gasteiger partial charge in [0.15, 0.2) is 0 Å². The normalized spacial score (nSPS) is 18.3. The minimum Gasteiger partial charge on any atom is -0.348 e. The zero-order valence-corrected chi connectivity index (χ0v) is 11.4. The van der Waals surface area contributed by atoms with Crippen LogP contribution in [0.1, 0.15) is 49.3 Å². The highest BCUT2D eigenvalue weighted by Gasteiger charge is 2.26. The molecule has 1 atom stereocenters. The molecule has 1 aliphatic carbocycles. The molecule has 0 spiro atoms. The number of nitrogens with one attached hydrogen (secondary N) is 1. The molecule has 1 unspecified atom stereocenters. The quantitative estimate of drug-likeness (QED) is 0.865. The maximum absolute atomic E-state index is 4.22. The van der Waals surface area contributed by atoms with Gasteiger partial charge in [0.05, 0.1) is 6.33 Å². The van der Waals surface area contributed by atoms with Crippen molar-refractivity contribution in [2.24, 2.45) is 5.92 Å². The van der Waals surface area contributed by atoms with Gasteiger partial charge in [-0.3, -0.25) is 0 Å². The van der Waals surface area contributed by atoms with Crippen molar-refractivity contribution in [1.82, 2.24) is 9.97 Å². The fraction of sp³-hybridized carbons (Fsp3) is 0.471. The SMILES string of the molecule is c1ccc(CC(c2cnc[nH]2)C2CCCCC2)cc1. The van der Waals surface area contributed by atoms with Gasteiger partial charge in [-0.25, -0.2) is 4.98 Å². The smallest absolute Gasteiger partial charge is 0.0921 e. The van der Waals surface area contributed by atoms with E-state index in [0.29, 0.717) is 5.92 Å². The first-order valence-corrected chi connectivity index (χ1v) is 7.45. The van der Waals surface area contributed by atoms with Crippen LogP contribution in [0.25, 0.3) is 0 Å². The number of hydrogen-bond donors (Lipinski definition) is 1. The average molecular weight is 254 g/mol. The van der Waals surface area contributed by atoms with Gasteiger partial charge in [0.25, 0.3) is 0 Å². The monoisotopic (exact) mass is 254 g/mol. The van der Waals surface area contributed by atoms with Crippen LogP contribution in [0, 0.1) is 5.92 Å². The summed E-state index contributed by atoms with van der Waals surface area (Å²) >= 11 is 0. The highest BCUT2D eigenvalue weighted by molar-refractivity contribution is 5.19. The van der Waals surface area contributed by atoms with E-state index >= 15 is 0 Å². The minimum absolute atomic E-state index is 0.602. The fourth-order valence-electron chi connectivity index (χ4n) is 3.40. The molecule has 3 rings (SSSR count). The van der Waals surface area contributed by atoms with E-state index in [2.05, 4.69) is 40.3 Å². The molecule has 1 aromatic carbocycles. The highest BCUT2D eigenvalue weighted by Crippen LogP contribution is 2.37. The van der Waals surface area contributed by atoms with Gasteiger partial charge < -0.3 is 4.98 Å². The standard InChI is InChI=1S/C17H22N2/c1-3-7-14(8-4-1)11-16(17-12-18-13-19-17)15-9-5-2-6-10-15/h1,3-4,7-8,12-13,15-16H,2,5-6,9-11H2,(H,18,19). The Bertz CT molecular complexity index is 469. The van der Waals surface area contributed by atoms with Crippen molar-refractivity contribution in [3.8, 4) is 0 Å². The second-order valence-electron chi connectivity index (χ2n) is 5.70. The van der Waals surface area contributed by atoms with E-state index in [-0.39, 0.29) is 0 Å². The molecule has 2 heteroatoms. The molecule has 1 aliphatic rings. The Kier molecular flexibility index (Phi) is 3.97. The topological polar surface area (TPSA) is 28.7 Å². The van der Waals surface area contributed by atoms with Crippen LogP contribution in [0.4, 0.5) is 0 Å². The average Bonchev–Trinajstić information content (AvgIpc) is 3.01. The molecule has 0 aliphatic heterocycles. The Balaban J connectivity index is 1.80. The zero-order chi connectivity index (χ0) is 12.9. The first kappa shape index (κ1) is 12.5. The number of benzene rings is 1. The van der Waals surface area contributed by atoms with Crippen molar-refractivity contribution in [3.05, 3.63) is 54.1 Å². The van der Waals surface area contributed by atoms with Crippen molar-refractivity contribution in [1.29, 1.82) is 0 Å². The molecular weight excluding hydrogens is 232 g/mol. The molecule has 0 amide bonds. The summed E-state index contributed by atoms with van der Waals surface area (Å²) in [6, 6.07) is 10.9. The summed E-state index contributed by atoms with van der Waals surface area (Å²) in [5.41, 5.74) is 2.75. The Morgan fingerprint density at radius 1 is 1.11 bits per heavy atom. The van der Waals surface area contributed by atoms with Crippen LogP contribution >= 0.6 is 0 Å². The maximum Gasteiger partial charge on any atom is 0.0921 e. The molecule has 2 nitrogen and oxygen atoms in total. The van der Waals surface area contributed by atoms with E-state index in [9.17, 15) is 0 Å². The summed E-state index contributed by atoms with van der Waals surface area (Å²) in [5, 5.41) is 0. The molecule has 100 valence electrons. The lowest BCUT2D eigenvalue weighted by Gasteiger charge is -2.29. The molecule has 1 aromatic heterocycles. The van der Waals surface area contributed by atoms with E-state index in [1.54, 1.807) is 0 Å². The third-order valence-corrected chi connectivity index (χ3v) is 4.44. The summed E-state index contributed by atoms with van der Waals surface area (Å²) in [6.07, 6.45) is 11.9. The lowest BCUT2D eigenvalue weighted by molar-refractivity contribution is 0.299. The molecule has 0 saturated heterocycles. The van der Waals surface area contributed by atoms with E-state index in [1.807, 2.05) is 12.5 Å². The maximum atomic E-state index is 4.22. The van der Waals surface area contributed by atoms with E-state index in [0.717, 1.165) is 12.3 Å². The second-order valence-corrected chi connectivity index (χ2v) is 5.70. The van der Waals surface area contributed by atoms with Crippen LogP contribution in [0.3, 0.4) is 0 Å².